The van der Waals surface area contributed by atoms with Crippen LogP contribution in [0.5, 0.6) is 0 Å². The highest BCUT2D eigenvalue weighted by Gasteiger charge is 2.03. The van der Waals surface area contributed by atoms with Gasteiger partial charge in [0, 0.05) is 0 Å². The lowest BCUT2D eigenvalue weighted by Crippen LogP contribution is -2.09. The van der Waals surface area contributed by atoms with E-state index in [2.05, 4.69) is 48.5 Å². The fourth-order valence-corrected chi connectivity index (χ4v) is 3.21. The van der Waals surface area contributed by atoms with Gasteiger partial charge in [0.2, 0.25) is 0 Å². The molecule has 0 amide bonds. The van der Waals surface area contributed by atoms with Gasteiger partial charge in [0.1, 0.15) is 0 Å². The number of unbranched alkanes of at least 4 members (excludes halogenated alkanes) is 6. The third kappa shape index (κ3) is 10.8. The number of hydrogen-bond acceptors (Lipinski definition) is 3. The van der Waals surface area contributed by atoms with Crippen molar-refractivity contribution in [1.29, 1.82) is 0 Å². The normalized spacial score (nSPS) is 10.6. The van der Waals surface area contributed by atoms with Gasteiger partial charge in [-0.2, -0.15) is 0 Å². The summed E-state index contributed by atoms with van der Waals surface area (Å²) in [6, 6.07) is 21.1. The maximum absolute atomic E-state index is 11.5. The van der Waals surface area contributed by atoms with Crippen LogP contribution in [0.3, 0.4) is 0 Å². The second-order valence-electron chi connectivity index (χ2n) is 7.25. The van der Waals surface area contributed by atoms with Gasteiger partial charge < -0.3 is 9.47 Å². The molecule has 0 N–H and O–H groups in total. The molecule has 0 aliphatic rings. The predicted octanol–water partition coefficient (Wildman–Crippen LogP) is 6.75. The lowest BCUT2D eigenvalue weighted by atomic mass is 10.1. The molecule has 152 valence electrons. The maximum atomic E-state index is 11.5. The fraction of sp³-hybridized carbons (Fsp3) is 0.480. The first-order valence-electron chi connectivity index (χ1n) is 10.7. The summed E-state index contributed by atoms with van der Waals surface area (Å²) in [6.07, 6.45) is 10.4. The van der Waals surface area contributed by atoms with Crippen LogP contribution >= 0.6 is 0 Å². The van der Waals surface area contributed by atoms with E-state index in [1.807, 2.05) is 12.1 Å². The second kappa shape index (κ2) is 14.7. The highest BCUT2D eigenvalue weighted by Crippen LogP contribution is 2.09. The summed E-state index contributed by atoms with van der Waals surface area (Å²) in [6.45, 7) is 0.919. The predicted molar refractivity (Wildman–Crippen MR) is 115 cm³/mol. The lowest BCUT2D eigenvalue weighted by Gasteiger charge is -2.06. The van der Waals surface area contributed by atoms with Crippen molar-refractivity contribution in [3.63, 3.8) is 0 Å². The second-order valence-corrected chi connectivity index (χ2v) is 7.25. The third-order valence-electron chi connectivity index (χ3n) is 4.85. The minimum Gasteiger partial charge on any atom is -0.434 e. The van der Waals surface area contributed by atoms with Crippen LogP contribution in [0.2, 0.25) is 0 Å². The van der Waals surface area contributed by atoms with Gasteiger partial charge in [-0.15, -0.1) is 0 Å². The molecule has 2 aromatic carbocycles. The third-order valence-corrected chi connectivity index (χ3v) is 4.85. The van der Waals surface area contributed by atoms with Crippen molar-refractivity contribution in [1.82, 2.24) is 0 Å². The van der Waals surface area contributed by atoms with Crippen LogP contribution in [0.15, 0.2) is 60.7 Å². The number of hydrogen-bond donors (Lipinski definition) is 0. The molecule has 3 nitrogen and oxygen atoms in total. The standard InChI is InChI=1S/C25H34O3/c26-25(27-21-13-3-1-7-15-23-17-9-5-10-18-23)28-22-14-4-2-8-16-24-19-11-6-12-20-24/h5-6,9-12,17-20H,1-4,7-8,13-16,21-22H2. The van der Waals surface area contributed by atoms with E-state index in [1.54, 1.807) is 0 Å². The van der Waals surface area contributed by atoms with Crippen LogP contribution in [0.25, 0.3) is 0 Å². The zero-order chi connectivity index (χ0) is 19.7. The Bertz CT molecular complexity index is 569. The van der Waals surface area contributed by atoms with E-state index in [0.29, 0.717) is 13.2 Å². The van der Waals surface area contributed by atoms with Gasteiger partial charge in [-0.3, -0.25) is 0 Å². The number of rotatable bonds is 14. The van der Waals surface area contributed by atoms with Gasteiger partial charge >= 0.3 is 6.16 Å². The van der Waals surface area contributed by atoms with Crippen LogP contribution < -0.4 is 0 Å². The van der Waals surface area contributed by atoms with Crippen molar-refractivity contribution in [3.05, 3.63) is 71.8 Å². The summed E-state index contributed by atoms with van der Waals surface area (Å²) in [5.41, 5.74) is 2.78. The zero-order valence-corrected chi connectivity index (χ0v) is 17.0. The highest BCUT2D eigenvalue weighted by atomic mass is 16.7. The van der Waals surface area contributed by atoms with E-state index in [1.165, 1.54) is 24.0 Å². The van der Waals surface area contributed by atoms with Crippen molar-refractivity contribution >= 4 is 6.16 Å². The molecule has 0 aromatic heterocycles. The minimum absolute atomic E-state index is 0.460. The number of ether oxygens (including phenoxy) is 2. The first kappa shape index (κ1) is 22.0. The summed E-state index contributed by atoms with van der Waals surface area (Å²) in [7, 11) is 0. The van der Waals surface area contributed by atoms with E-state index in [4.69, 9.17) is 9.47 Å². The molecule has 0 saturated heterocycles. The Balaban J connectivity index is 1.33. The number of carbonyl (C=O) groups excluding carboxylic acids is 1. The molecular formula is C25H34O3. The maximum Gasteiger partial charge on any atom is 0.508 e. The smallest absolute Gasteiger partial charge is 0.434 e. The SMILES string of the molecule is O=C(OCCCCCCc1ccccc1)OCCCCCCc1ccccc1. The van der Waals surface area contributed by atoms with Gasteiger partial charge in [0.05, 0.1) is 13.2 Å². The Morgan fingerprint density at radius 2 is 0.929 bits per heavy atom. The van der Waals surface area contributed by atoms with Crippen molar-refractivity contribution in [3.8, 4) is 0 Å². The van der Waals surface area contributed by atoms with E-state index in [0.717, 1.165) is 51.4 Å². The van der Waals surface area contributed by atoms with Gasteiger partial charge in [0.15, 0.2) is 0 Å². The van der Waals surface area contributed by atoms with Crippen molar-refractivity contribution in [2.45, 2.75) is 64.2 Å². The van der Waals surface area contributed by atoms with Crippen molar-refractivity contribution < 1.29 is 14.3 Å². The Kier molecular flexibility index (Phi) is 11.6. The fourth-order valence-electron chi connectivity index (χ4n) is 3.21. The van der Waals surface area contributed by atoms with Crippen LogP contribution in [0, 0.1) is 0 Å². The molecule has 0 heterocycles. The topological polar surface area (TPSA) is 35.5 Å². The Hall–Kier alpha value is -2.29. The molecule has 2 rings (SSSR count). The highest BCUT2D eigenvalue weighted by molar-refractivity contribution is 5.59. The van der Waals surface area contributed by atoms with Gasteiger partial charge in [-0.05, 0) is 49.7 Å². The van der Waals surface area contributed by atoms with Gasteiger partial charge in [0.25, 0.3) is 0 Å². The molecule has 0 spiro atoms. The van der Waals surface area contributed by atoms with Crippen LogP contribution in [0.4, 0.5) is 4.79 Å². The van der Waals surface area contributed by atoms with Crippen LogP contribution in [-0.4, -0.2) is 19.4 Å². The quantitative estimate of drug-likeness (QED) is 0.268. The van der Waals surface area contributed by atoms with E-state index >= 15 is 0 Å². The summed E-state index contributed by atoms with van der Waals surface area (Å²) in [4.78, 5) is 11.5. The monoisotopic (exact) mass is 382 g/mol. The van der Waals surface area contributed by atoms with Crippen LogP contribution in [0.1, 0.15) is 62.5 Å². The number of benzene rings is 2. The Morgan fingerprint density at radius 3 is 1.36 bits per heavy atom. The zero-order valence-electron chi connectivity index (χ0n) is 17.0. The summed E-state index contributed by atoms with van der Waals surface area (Å²) in [5, 5.41) is 0. The van der Waals surface area contributed by atoms with Crippen molar-refractivity contribution in [2.24, 2.45) is 0 Å². The Morgan fingerprint density at radius 1 is 0.536 bits per heavy atom. The largest absolute Gasteiger partial charge is 0.508 e. The van der Waals surface area contributed by atoms with Gasteiger partial charge in [-0.1, -0.05) is 86.3 Å². The summed E-state index contributed by atoms with van der Waals surface area (Å²) in [5.74, 6) is 0. The van der Waals surface area contributed by atoms with E-state index < -0.39 is 6.16 Å². The number of carbonyl (C=O) groups is 1. The first-order valence-corrected chi connectivity index (χ1v) is 10.7. The molecule has 2 aromatic rings. The Labute approximate surface area is 170 Å². The van der Waals surface area contributed by atoms with E-state index in [9.17, 15) is 4.79 Å². The molecule has 3 heteroatoms. The molecule has 0 aliphatic heterocycles. The number of aryl methyl sites for hydroxylation is 2. The molecule has 0 unspecified atom stereocenters. The molecule has 0 fully saturated rings. The molecule has 28 heavy (non-hydrogen) atoms. The minimum atomic E-state index is -0.520. The van der Waals surface area contributed by atoms with E-state index in [-0.39, 0.29) is 0 Å². The molecule has 0 radical (unpaired) electrons. The molecule has 0 saturated carbocycles. The lowest BCUT2D eigenvalue weighted by molar-refractivity contribution is 0.0529. The van der Waals surface area contributed by atoms with Gasteiger partial charge in [-0.25, -0.2) is 4.79 Å². The summed E-state index contributed by atoms with van der Waals surface area (Å²) < 4.78 is 10.3. The molecule has 0 aliphatic carbocycles. The first-order chi connectivity index (χ1) is 13.8. The average molecular weight is 383 g/mol. The van der Waals surface area contributed by atoms with Crippen molar-refractivity contribution in [2.75, 3.05) is 13.2 Å². The summed E-state index contributed by atoms with van der Waals surface area (Å²) >= 11 is 0. The molecule has 0 bridgehead atoms. The molecule has 0 atom stereocenters. The van der Waals surface area contributed by atoms with Crippen LogP contribution in [-0.2, 0) is 22.3 Å². The molecular weight excluding hydrogens is 348 g/mol. The average Bonchev–Trinajstić information content (AvgIpc) is 2.74.